The van der Waals surface area contributed by atoms with E-state index in [1.54, 1.807) is 0 Å². The van der Waals surface area contributed by atoms with Crippen LogP contribution >= 0.6 is 34.8 Å². The van der Waals surface area contributed by atoms with Gasteiger partial charge in [0.2, 0.25) is 10.0 Å². The molecule has 0 radical (unpaired) electrons. The van der Waals surface area contributed by atoms with Gasteiger partial charge in [-0.25, -0.2) is 17.9 Å². The number of sulfonamides is 1. The molecule has 1 aromatic heterocycles. The number of benzene rings is 1. The maximum Gasteiger partial charge on any atom is 0.408 e. The molecule has 14 heteroatoms. The fourth-order valence-electron chi connectivity index (χ4n) is 1.90. The van der Waals surface area contributed by atoms with Crippen LogP contribution in [0.1, 0.15) is 10.4 Å². The lowest BCUT2D eigenvalue weighted by Gasteiger charge is -2.09. The number of carboxylic acid groups (broad SMARTS) is 1. The van der Waals surface area contributed by atoms with Gasteiger partial charge in [0.25, 0.3) is 0 Å². The number of nitrogens with one attached hydrogen (secondary N) is 1. The van der Waals surface area contributed by atoms with Gasteiger partial charge in [-0.2, -0.15) is 4.68 Å². The van der Waals surface area contributed by atoms with E-state index in [2.05, 4.69) is 9.82 Å². The van der Waals surface area contributed by atoms with Crippen LogP contribution in [-0.2, 0) is 16.6 Å². The number of hydrogen-bond donors (Lipinski definition) is 2. The zero-order chi connectivity index (χ0) is 19.6. The van der Waals surface area contributed by atoms with Gasteiger partial charge in [-0.1, -0.05) is 34.8 Å². The Bertz CT molecular complexity index is 991. The zero-order valence-electron chi connectivity index (χ0n) is 12.5. The molecule has 0 aliphatic carbocycles. The van der Waals surface area contributed by atoms with Crippen molar-refractivity contribution in [1.82, 2.24) is 14.5 Å². The average molecular weight is 444 g/mol. The van der Waals surface area contributed by atoms with Crippen molar-refractivity contribution in [2.75, 3.05) is 6.54 Å². The number of aromatic carboxylic acids is 1. The number of nitrogens with zero attached hydrogens (tertiary/aromatic N) is 3. The number of aromatic nitrogens is 2. The normalized spacial score (nSPS) is 11.5. The second kappa shape index (κ2) is 7.76. The lowest BCUT2D eigenvalue weighted by Crippen LogP contribution is -2.28. The van der Waals surface area contributed by atoms with E-state index in [0.717, 1.165) is 16.8 Å². The van der Waals surface area contributed by atoms with Crippen LogP contribution < -0.4 is 4.72 Å². The summed E-state index contributed by atoms with van der Waals surface area (Å²) >= 11 is 17.2. The smallest absolute Gasteiger partial charge is 0.408 e. The molecule has 0 saturated carbocycles. The van der Waals surface area contributed by atoms with Crippen molar-refractivity contribution in [2.24, 2.45) is 0 Å². The number of carbonyl (C=O) groups is 1. The largest absolute Gasteiger partial charge is 0.478 e. The SMILES string of the molecule is O=C(O)c1cc(S(=O)(=O)NCCn2cc(Cl)c([N+](=O)[O-])n2)c(Cl)cc1Cl. The molecule has 26 heavy (non-hydrogen) atoms. The van der Waals surface area contributed by atoms with Gasteiger partial charge in [0.1, 0.15) is 4.90 Å². The first-order valence-electron chi connectivity index (χ1n) is 6.62. The summed E-state index contributed by atoms with van der Waals surface area (Å²) in [6.07, 6.45) is 1.17. The van der Waals surface area contributed by atoms with Crippen molar-refractivity contribution in [3.63, 3.8) is 0 Å². The maximum absolute atomic E-state index is 12.3. The molecule has 2 N–H and O–H groups in total. The third-order valence-electron chi connectivity index (χ3n) is 3.05. The molecule has 0 aliphatic heterocycles. The Kier molecular flexibility index (Phi) is 6.09. The summed E-state index contributed by atoms with van der Waals surface area (Å²) in [5, 5.41) is 22.6. The van der Waals surface area contributed by atoms with E-state index in [1.807, 2.05) is 0 Å². The topological polar surface area (TPSA) is 144 Å². The van der Waals surface area contributed by atoms with Crippen LogP contribution in [0.4, 0.5) is 5.82 Å². The van der Waals surface area contributed by atoms with Gasteiger partial charge in [-0.15, -0.1) is 0 Å². The highest BCUT2D eigenvalue weighted by Crippen LogP contribution is 2.28. The van der Waals surface area contributed by atoms with Crippen molar-refractivity contribution < 1.29 is 23.2 Å². The second-order valence-corrected chi connectivity index (χ2v) is 7.74. The Morgan fingerprint density at radius 1 is 1.27 bits per heavy atom. The van der Waals surface area contributed by atoms with Gasteiger partial charge < -0.3 is 15.2 Å². The Labute approximate surface area is 161 Å². The van der Waals surface area contributed by atoms with Crippen LogP contribution in [0, 0.1) is 10.1 Å². The fraction of sp³-hybridized carbons (Fsp3) is 0.167. The molecule has 140 valence electrons. The van der Waals surface area contributed by atoms with E-state index < -0.39 is 37.2 Å². The van der Waals surface area contributed by atoms with E-state index in [9.17, 15) is 23.3 Å². The predicted octanol–water partition coefficient (Wildman–Crippen LogP) is 2.43. The van der Waals surface area contributed by atoms with Crippen LogP contribution in [-0.4, -0.2) is 40.7 Å². The number of carboxylic acids is 1. The van der Waals surface area contributed by atoms with Gasteiger partial charge in [-0.05, 0) is 17.1 Å². The van der Waals surface area contributed by atoms with E-state index in [1.165, 1.54) is 6.20 Å². The van der Waals surface area contributed by atoms with Crippen molar-refractivity contribution >= 4 is 56.6 Å². The molecule has 0 atom stereocenters. The Morgan fingerprint density at radius 3 is 2.46 bits per heavy atom. The molecule has 0 bridgehead atoms. The summed E-state index contributed by atoms with van der Waals surface area (Å²) in [4.78, 5) is 20.5. The average Bonchev–Trinajstić information content (AvgIpc) is 2.87. The molecule has 1 heterocycles. The highest BCUT2D eigenvalue weighted by Gasteiger charge is 2.23. The summed E-state index contributed by atoms with van der Waals surface area (Å²) < 4.78 is 27.9. The summed E-state index contributed by atoms with van der Waals surface area (Å²) in [6.45, 7) is -0.275. The van der Waals surface area contributed by atoms with Crippen LogP contribution in [0.2, 0.25) is 15.1 Å². The standard InChI is InChI=1S/C12H9Cl3N4O6S/c13-7-4-8(14)10(3-6(7)12(20)21)26(24,25)16-1-2-18-5-9(15)11(17-18)19(22)23/h3-5,16H,1-2H2,(H,20,21). The fourth-order valence-corrected chi connectivity index (χ4v) is 3.99. The van der Waals surface area contributed by atoms with Gasteiger partial charge in [-0.3, -0.25) is 0 Å². The van der Waals surface area contributed by atoms with Crippen molar-refractivity contribution in [3.05, 3.63) is 49.1 Å². The lowest BCUT2D eigenvalue weighted by atomic mass is 10.2. The van der Waals surface area contributed by atoms with E-state index >= 15 is 0 Å². The lowest BCUT2D eigenvalue weighted by molar-refractivity contribution is -0.389. The minimum Gasteiger partial charge on any atom is -0.478 e. The summed E-state index contributed by atoms with van der Waals surface area (Å²) in [5.41, 5.74) is -0.425. The number of halogens is 3. The third-order valence-corrected chi connectivity index (χ3v) is 5.55. The van der Waals surface area contributed by atoms with Crippen molar-refractivity contribution in [2.45, 2.75) is 11.4 Å². The van der Waals surface area contributed by atoms with E-state index in [4.69, 9.17) is 39.9 Å². The Morgan fingerprint density at radius 2 is 1.92 bits per heavy atom. The molecule has 0 unspecified atom stereocenters. The number of rotatable bonds is 7. The quantitative estimate of drug-likeness (QED) is 0.494. The first-order chi connectivity index (χ1) is 12.0. The van der Waals surface area contributed by atoms with Crippen LogP contribution in [0.25, 0.3) is 0 Å². The van der Waals surface area contributed by atoms with E-state index in [0.29, 0.717) is 0 Å². The summed E-state index contributed by atoms with van der Waals surface area (Å²) in [5.74, 6) is -1.97. The second-order valence-electron chi connectivity index (χ2n) is 4.79. The molecule has 2 rings (SSSR count). The van der Waals surface area contributed by atoms with Crippen molar-refractivity contribution in [1.29, 1.82) is 0 Å². The number of nitro groups is 1. The van der Waals surface area contributed by atoms with E-state index in [-0.39, 0.29) is 28.2 Å². The van der Waals surface area contributed by atoms with Gasteiger partial charge in [0.15, 0.2) is 5.02 Å². The van der Waals surface area contributed by atoms with Crippen LogP contribution in [0.5, 0.6) is 0 Å². The molecule has 0 fully saturated rings. The van der Waals surface area contributed by atoms with Gasteiger partial charge in [0, 0.05) is 6.54 Å². The monoisotopic (exact) mass is 442 g/mol. The minimum atomic E-state index is -4.17. The Hall–Kier alpha value is -1.92. The predicted molar refractivity (Wildman–Crippen MR) is 92.5 cm³/mol. The summed E-state index contributed by atoms with van der Waals surface area (Å²) in [6, 6.07) is 1.85. The van der Waals surface area contributed by atoms with Gasteiger partial charge >= 0.3 is 11.8 Å². The highest BCUT2D eigenvalue weighted by molar-refractivity contribution is 7.89. The highest BCUT2D eigenvalue weighted by atomic mass is 35.5. The van der Waals surface area contributed by atoms with Crippen molar-refractivity contribution in [3.8, 4) is 0 Å². The van der Waals surface area contributed by atoms with Crippen LogP contribution in [0.3, 0.4) is 0 Å². The molecule has 2 aromatic rings. The molecule has 0 spiro atoms. The first-order valence-corrected chi connectivity index (χ1v) is 9.24. The molecule has 1 aromatic carbocycles. The Balaban J connectivity index is 2.17. The third kappa shape index (κ3) is 4.43. The molecular formula is C12H9Cl3N4O6S. The van der Waals surface area contributed by atoms with Crippen LogP contribution in [0.15, 0.2) is 23.2 Å². The maximum atomic E-state index is 12.3. The molecule has 10 nitrogen and oxygen atoms in total. The summed E-state index contributed by atoms with van der Waals surface area (Å²) in [7, 11) is -4.17. The number of hydrogen-bond acceptors (Lipinski definition) is 6. The molecule has 0 aliphatic rings. The molecular weight excluding hydrogens is 435 g/mol. The minimum absolute atomic E-state index is 0.0657. The zero-order valence-corrected chi connectivity index (χ0v) is 15.6. The first kappa shape index (κ1) is 20.4. The molecule has 0 amide bonds. The van der Waals surface area contributed by atoms with Gasteiger partial charge in [0.05, 0.1) is 33.4 Å². The molecule has 0 saturated heterocycles.